The fourth-order valence-corrected chi connectivity index (χ4v) is 3.46. The van der Waals surface area contributed by atoms with Gasteiger partial charge in [0.2, 0.25) is 0 Å². The Morgan fingerprint density at radius 3 is 3.25 bits per heavy atom. The SMILES string of the molecule is CN=C(NCc1cn2ccsc2n1)N1CCCC(C)C1. The minimum Gasteiger partial charge on any atom is -0.351 e. The molecule has 0 bridgehead atoms. The fraction of sp³-hybridized carbons (Fsp3) is 0.571. The number of aromatic nitrogens is 2. The van der Waals surface area contributed by atoms with E-state index in [9.17, 15) is 0 Å². The van der Waals surface area contributed by atoms with Crippen molar-refractivity contribution in [1.29, 1.82) is 0 Å². The largest absolute Gasteiger partial charge is 0.351 e. The first kappa shape index (κ1) is 13.4. The molecule has 1 fully saturated rings. The van der Waals surface area contributed by atoms with E-state index in [1.807, 2.05) is 18.6 Å². The maximum Gasteiger partial charge on any atom is 0.193 e. The van der Waals surface area contributed by atoms with Gasteiger partial charge in [0.25, 0.3) is 0 Å². The second-order valence-corrected chi connectivity index (χ2v) is 6.29. The lowest BCUT2D eigenvalue weighted by Crippen LogP contribution is -2.45. The number of nitrogens with zero attached hydrogens (tertiary/aromatic N) is 4. The summed E-state index contributed by atoms with van der Waals surface area (Å²) in [7, 11) is 1.85. The Labute approximate surface area is 123 Å². The van der Waals surface area contributed by atoms with Crippen molar-refractivity contribution in [2.24, 2.45) is 10.9 Å². The van der Waals surface area contributed by atoms with Gasteiger partial charge >= 0.3 is 0 Å². The number of piperidine rings is 1. The molecule has 0 radical (unpaired) electrons. The highest BCUT2D eigenvalue weighted by molar-refractivity contribution is 7.15. The number of guanidine groups is 1. The standard InChI is InChI=1S/C14H21N5S/c1-11-4-3-5-18(9-11)13(15-2)16-8-12-10-19-6-7-20-14(19)17-12/h6-7,10-11H,3-5,8-9H2,1-2H3,(H,15,16). The zero-order valence-electron chi connectivity index (χ0n) is 12.0. The minimum atomic E-state index is 0.728. The second-order valence-electron chi connectivity index (χ2n) is 5.42. The van der Waals surface area contributed by atoms with Gasteiger partial charge in [-0.05, 0) is 18.8 Å². The van der Waals surface area contributed by atoms with E-state index in [-0.39, 0.29) is 0 Å². The molecule has 2 aromatic rings. The van der Waals surface area contributed by atoms with Crippen molar-refractivity contribution in [3.63, 3.8) is 0 Å². The number of hydrogen-bond donors (Lipinski definition) is 1. The van der Waals surface area contributed by atoms with Gasteiger partial charge in [-0.3, -0.25) is 9.39 Å². The third-order valence-corrected chi connectivity index (χ3v) is 4.51. The Bertz CT molecular complexity index is 571. The lowest BCUT2D eigenvalue weighted by molar-refractivity contribution is 0.266. The molecule has 3 rings (SSSR count). The summed E-state index contributed by atoms with van der Waals surface area (Å²) in [6.45, 7) is 5.23. The number of nitrogens with one attached hydrogen (secondary N) is 1. The Balaban J connectivity index is 1.62. The molecule has 1 N–H and O–H groups in total. The van der Waals surface area contributed by atoms with Gasteiger partial charge in [0.05, 0.1) is 12.2 Å². The molecule has 0 saturated carbocycles. The van der Waals surface area contributed by atoms with Crippen LogP contribution < -0.4 is 5.32 Å². The van der Waals surface area contributed by atoms with Gasteiger partial charge in [0, 0.05) is 37.9 Å². The normalized spacial score (nSPS) is 20.6. The van der Waals surface area contributed by atoms with Crippen LogP contribution in [0.4, 0.5) is 0 Å². The van der Waals surface area contributed by atoms with Crippen LogP contribution in [0.25, 0.3) is 4.96 Å². The first-order chi connectivity index (χ1) is 9.76. The molecule has 1 aliphatic heterocycles. The lowest BCUT2D eigenvalue weighted by atomic mass is 10.0. The molecule has 0 spiro atoms. The zero-order chi connectivity index (χ0) is 13.9. The summed E-state index contributed by atoms with van der Waals surface area (Å²) in [5, 5.41) is 5.48. The maximum atomic E-state index is 4.58. The highest BCUT2D eigenvalue weighted by Gasteiger charge is 2.19. The fourth-order valence-electron chi connectivity index (χ4n) is 2.74. The van der Waals surface area contributed by atoms with Gasteiger partial charge in [-0.2, -0.15) is 0 Å². The van der Waals surface area contributed by atoms with Crippen molar-refractivity contribution >= 4 is 22.3 Å². The Morgan fingerprint density at radius 1 is 1.60 bits per heavy atom. The molecule has 5 nitrogen and oxygen atoms in total. The van der Waals surface area contributed by atoms with Crippen LogP contribution in [0, 0.1) is 5.92 Å². The predicted octanol–water partition coefficient (Wildman–Crippen LogP) is 2.20. The van der Waals surface area contributed by atoms with Crippen molar-refractivity contribution in [3.8, 4) is 0 Å². The summed E-state index contributed by atoms with van der Waals surface area (Å²) in [4.78, 5) is 12.4. The third kappa shape index (κ3) is 2.80. The summed E-state index contributed by atoms with van der Waals surface area (Å²) >= 11 is 1.66. The van der Waals surface area contributed by atoms with Crippen molar-refractivity contribution < 1.29 is 0 Å². The van der Waals surface area contributed by atoms with Crippen molar-refractivity contribution in [3.05, 3.63) is 23.5 Å². The Kier molecular flexibility index (Phi) is 3.91. The molecule has 3 heterocycles. The highest BCUT2D eigenvalue weighted by atomic mass is 32.1. The number of imidazole rings is 1. The molecule has 108 valence electrons. The highest BCUT2D eigenvalue weighted by Crippen LogP contribution is 2.15. The van der Waals surface area contributed by atoms with Gasteiger partial charge in [-0.25, -0.2) is 4.98 Å². The molecule has 0 aliphatic carbocycles. The van der Waals surface area contributed by atoms with E-state index >= 15 is 0 Å². The third-order valence-electron chi connectivity index (χ3n) is 3.74. The minimum absolute atomic E-state index is 0.728. The van der Waals surface area contributed by atoms with E-state index in [1.165, 1.54) is 12.8 Å². The molecule has 20 heavy (non-hydrogen) atoms. The van der Waals surface area contributed by atoms with Gasteiger partial charge in [0.1, 0.15) is 0 Å². The lowest BCUT2D eigenvalue weighted by Gasteiger charge is -2.33. The molecule has 1 unspecified atom stereocenters. The molecular weight excluding hydrogens is 270 g/mol. The Hall–Kier alpha value is -1.56. The molecule has 0 aromatic carbocycles. The van der Waals surface area contributed by atoms with Gasteiger partial charge in [-0.15, -0.1) is 11.3 Å². The Morgan fingerprint density at radius 2 is 2.50 bits per heavy atom. The van der Waals surface area contributed by atoms with Crippen molar-refractivity contribution in [1.82, 2.24) is 19.6 Å². The van der Waals surface area contributed by atoms with Crippen molar-refractivity contribution in [2.75, 3.05) is 20.1 Å². The molecule has 0 amide bonds. The van der Waals surface area contributed by atoms with Crippen LogP contribution in [0.5, 0.6) is 0 Å². The van der Waals surface area contributed by atoms with E-state index in [2.05, 4.69) is 37.7 Å². The van der Waals surface area contributed by atoms with Crippen LogP contribution >= 0.6 is 11.3 Å². The zero-order valence-corrected chi connectivity index (χ0v) is 12.9. The topological polar surface area (TPSA) is 44.9 Å². The molecular formula is C14H21N5S. The van der Waals surface area contributed by atoms with E-state index in [1.54, 1.807) is 11.3 Å². The van der Waals surface area contributed by atoms with E-state index in [0.29, 0.717) is 0 Å². The van der Waals surface area contributed by atoms with E-state index < -0.39 is 0 Å². The summed E-state index contributed by atoms with van der Waals surface area (Å²) in [6.07, 6.45) is 6.69. The second kappa shape index (κ2) is 5.83. The van der Waals surface area contributed by atoms with Crippen LogP contribution in [-0.4, -0.2) is 40.4 Å². The van der Waals surface area contributed by atoms with Crippen LogP contribution in [-0.2, 0) is 6.54 Å². The van der Waals surface area contributed by atoms with Crippen LogP contribution in [0.15, 0.2) is 22.8 Å². The number of rotatable bonds is 2. The number of fused-ring (bicyclic) bond motifs is 1. The number of hydrogen-bond acceptors (Lipinski definition) is 3. The number of aliphatic imine (C=N–C) groups is 1. The van der Waals surface area contributed by atoms with E-state index in [0.717, 1.165) is 42.2 Å². The van der Waals surface area contributed by atoms with Gasteiger partial charge in [-0.1, -0.05) is 6.92 Å². The number of likely N-dealkylation sites (tertiary alicyclic amines) is 1. The quantitative estimate of drug-likeness (QED) is 0.681. The van der Waals surface area contributed by atoms with Crippen LogP contribution in [0.2, 0.25) is 0 Å². The number of thiazole rings is 1. The molecule has 1 aliphatic rings. The average molecular weight is 291 g/mol. The summed E-state index contributed by atoms with van der Waals surface area (Å²) in [5.41, 5.74) is 1.06. The smallest absolute Gasteiger partial charge is 0.193 e. The summed E-state index contributed by atoms with van der Waals surface area (Å²) in [5.74, 6) is 1.74. The predicted molar refractivity (Wildman–Crippen MR) is 83.2 cm³/mol. The summed E-state index contributed by atoms with van der Waals surface area (Å²) < 4.78 is 2.06. The first-order valence-electron chi connectivity index (χ1n) is 7.13. The first-order valence-corrected chi connectivity index (χ1v) is 8.01. The van der Waals surface area contributed by atoms with Gasteiger partial charge in [0.15, 0.2) is 10.9 Å². The molecule has 1 atom stereocenters. The average Bonchev–Trinajstić information content (AvgIpc) is 3.00. The molecule has 1 saturated heterocycles. The molecule has 2 aromatic heterocycles. The van der Waals surface area contributed by atoms with Crippen LogP contribution in [0.3, 0.4) is 0 Å². The van der Waals surface area contributed by atoms with E-state index in [4.69, 9.17) is 0 Å². The molecule has 6 heteroatoms. The summed E-state index contributed by atoms with van der Waals surface area (Å²) in [6, 6.07) is 0. The van der Waals surface area contributed by atoms with Crippen molar-refractivity contribution in [2.45, 2.75) is 26.3 Å². The van der Waals surface area contributed by atoms with Gasteiger partial charge < -0.3 is 10.2 Å². The maximum absolute atomic E-state index is 4.58. The van der Waals surface area contributed by atoms with Crippen LogP contribution in [0.1, 0.15) is 25.5 Å². The monoisotopic (exact) mass is 291 g/mol.